The van der Waals surface area contributed by atoms with Gasteiger partial charge in [-0.15, -0.1) is 11.8 Å². The Kier molecular flexibility index (Phi) is 4.48. The van der Waals surface area contributed by atoms with E-state index in [-0.39, 0.29) is 17.3 Å². The van der Waals surface area contributed by atoms with Gasteiger partial charge in [0.25, 0.3) is 0 Å². The van der Waals surface area contributed by atoms with Crippen LogP contribution in [0.5, 0.6) is 5.75 Å². The highest BCUT2D eigenvalue weighted by molar-refractivity contribution is 7.98. The van der Waals surface area contributed by atoms with Gasteiger partial charge in [0.2, 0.25) is 5.43 Å². The molecule has 3 heterocycles. The minimum atomic E-state index is -0.854. The second-order valence-electron chi connectivity index (χ2n) is 8.57. The van der Waals surface area contributed by atoms with E-state index in [2.05, 4.69) is 0 Å². The zero-order chi connectivity index (χ0) is 21.9. The predicted molar refractivity (Wildman–Crippen MR) is 118 cm³/mol. The molecule has 31 heavy (non-hydrogen) atoms. The maximum Gasteiger partial charge on any atom is 0.224 e. The second-order valence-corrected chi connectivity index (χ2v) is 9.59. The number of halogens is 1. The molecule has 0 saturated carbocycles. The van der Waals surface area contributed by atoms with Gasteiger partial charge in [0, 0.05) is 40.4 Å². The molecule has 0 saturated heterocycles. The van der Waals surface area contributed by atoms with Crippen molar-refractivity contribution in [2.24, 2.45) is 5.41 Å². The lowest BCUT2D eigenvalue weighted by Gasteiger charge is -2.45. The van der Waals surface area contributed by atoms with Crippen molar-refractivity contribution in [1.82, 2.24) is 4.68 Å². The molecule has 2 aromatic carbocycles. The first-order chi connectivity index (χ1) is 14.8. The van der Waals surface area contributed by atoms with Crippen molar-refractivity contribution < 1.29 is 14.3 Å². The number of aromatic hydroxyl groups is 1. The van der Waals surface area contributed by atoms with Crippen LogP contribution >= 0.6 is 11.8 Å². The lowest BCUT2D eigenvalue weighted by molar-refractivity contribution is 0.0786. The van der Waals surface area contributed by atoms with Gasteiger partial charge in [-0.3, -0.25) is 19.3 Å². The smallest absolute Gasteiger partial charge is 0.224 e. The van der Waals surface area contributed by atoms with E-state index in [0.717, 1.165) is 16.0 Å². The summed E-state index contributed by atoms with van der Waals surface area (Å²) in [5, 5.41) is 12.5. The van der Waals surface area contributed by atoms with Crippen molar-refractivity contribution in [3.8, 4) is 5.75 Å². The summed E-state index contributed by atoms with van der Waals surface area (Å²) in [5.41, 5.74) is 0.942. The van der Waals surface area contributed by atoms with Gasteiger partial charge < -0.3 is 5.11 Å². The van der Waals surface area contributed by atoms with Crippen molar-refractivity contribution in [2.45, 2.75) is 30.5 Å². The highest BCUT2D eigenvalue weighted by Crippen LogP contribution is 2.45. The molecule has 0 radical (unpaired) electrons. The molecule has 2 aliphatic rings. The zero-order valence-corrected chi connectivity index (χ0v) is 17.9. The summed E-state index contributed by atoms with van der Waals surface area (Å²) in [6.45, 7) is 3.93. The van der Waals surface area contributed by atoms with Gasteiger partial charge in [-0.25, -0.2) is 4.39 Å². The fourth-order valence-electron chi connectivity index (χ4n) is 4.49. The van der Waals surface area contributed by atoms with Crippen LogP contribution < -0.4 is 10.4 Å². The molecule has 0 fully saturated rings. The number of rotatable bonds is 1. The molecule has 7 heteroatoms. The summed E-state index contributed by atoms with van der Waals surface area (Å²) in [7, 11) is 0. The molecule has 1 atom stereocenters. The van der Waals surface area contributed by atoms with Crippen LogP contribution in [0.1, 0.15) is 47.1 Å². The van der Waals surface area contributed by atoms with Crippen LogP contribution in [0.4, 0.5) is 4.39 Å². The van der Waals surface area contributed by atoms with Crippen molar-refractivity contribution in [3.63, 3.8) is 0 Å². The van der Waals surface area contributed by atoms with Crippen molar-refractivity contribution in [1.29, 1.82) is 0 Å². The Bertz CT molecular complexity index is 1280. The molecule has 1 unspecified atom stereocenters. The highest BCUT2D eigenvalue weighted by atomic mass is 32.2. The number of carbonyl (C=O) groups is 1. The number of hydrogen-bond acceptors (Lipinski definition) is 5. The van der Waals surface area contributed by atoms with Crippen molar-refractivity contribution in [2.75, 3.05) is 11.6 Å². The fourth-order valence-corrected chi connectivity index (χ4v) is 5.62. The molecule has 0 bridgehead atoms. The number of benzene rings is 2. The monoisotopic (exact) mass is 436 g/mol. The second kappa shape index (κ2) is 6.99. The minimum Gasteiger partial charge on any atom is -0.503 e. The Balaban J connectivity index is 1.82. The quantitative estimate of drug-likeness (QED) is 0.618. The lowest BCUT2D eigenvalue weighted by Crippen LogP contribution is -2.54. The number of pyridine rings is 1. The van der Waals surface area contributed by atoms with Crippen molar-refractivity contribution in [3.05, 3.63) is 93.2 Å². The summed E-state index contributed by atoms with van der Waals surface area (Å²) in [4.78, 5) is 26.3. The summed E-state index contributed by atoms with van der Waals surface area (Å²) >= 11 is 1.58. The van der Waals surface area contributed by atoms with Crippen LogP contribution in [0.15, 0.2) is 64.4 Å². The molecule has 1 N–H and O–H groups in total. The van der Waals surface area contributed by atoms with Crippen LogP contribution in [-0.4, -0.2) is 22.1 Å². The van der Waals surface area contributed by atoms with Gasteiger partial charge in [0.1, 0.15) is 5.82 Å². The van der Waals surface area contributed by atoms with Crippen LogP contribution in [0.3, 0.4) is 0 Å². The molecule has 0 spiro atoms. The van der Waals surface area contributed by atoms with E-state index in [1.807, 2.05) is 35.3 Å². The first-order valence-electron chi connectivity index (χ1n) is 10.0. The first-order valence-corrected chi connectivity index (χ1v) is 11.0. The number of hydrogen-bond donors (Lipinski definition) is 1. The molecule has 158 valence electrons. The molecule has 3 aromatic rings. The third-order valence-corrected chi connectivity index (χ3v) is 7.17. The van der Waals surface area contributed by atoms with Crippen LogP contribution in [0.2, 0.25) is 0 Å². The van der Waals surface area contributed by atoms with E-state index in [1.54, 1.807) is 36.4 Å². The summed E-state index contributed by atoms with van der Waals surface area (Å²) < 4.78 is 16.4. The van der Waals surface area contributed by atoms with E-state index in [1.165, 1.54) is 18.3 Å². The van der Waals surface area contributed by atoms with Gasteiger partial charge >= 0.3 is 0 Å². The van der Waals surface area contributed by atoms with E-state index in [4.69, 9.17) is 0 Å². The first kappa shape index (κ1) is 19.9. The highest BCUT2D eigenvalue weighted by Gasteiger charge is 2.44. The van der Waals surface area contributed by atoms with Crippen molar-refractivity contribution >= 4 is 17.5 Å². The standard InChI is InChI=1S/C24H21FN2O3S/c1-24(2)13-27(26-11-10-18(28)22(29)21(26)23(24)30)20-14-7-5-8-17(25)16(14)12-31-19-9-4-3-6-15(19)20/h3-11,20,29H,12-13H2,1-2H3. The fraction of sp³-hybridized carbons (Fsp3) is 0.250. The zero-order valence-electron chi connectivity index (χ0n) is 17.1. The number of fused-ring (bicyclic) bond motifs is 3. The average molecular weight is 437 g/mol. The molecule has 1 aromatic heterocycles. The number of aromatic nitrogens is 1. The Morgan fingerprint density at radius 1 is 1.06 bits per heavy atom. The van der Waals surface area contributed by atoms with E-state index >= 15 is 0 Å². The maximum atomic E-state index is 14.9. The van der Waals surface area contributed by atoms with Gasteiger partial charge in [0.15, 0.2) is 17.2 Å². The Labute approximate surface area is 183 Å². The van der Waals surface area contributed by atoms with Crippen LogP contribution in [0, 0.1) is 11.2 Å². The number of ketones is 1. The molecule has 0 aliphatic carbocycles. The Hall–Kier alpha value is -3.06. The molecular weight excluding hydrogens is 415 g/mol. The lowest BCUT2D eigenvalue weighted by atomic mass is 9.82. The van der Waals surface area contributed by atoms with E-state index in [9.17, 15) is 19.1 Å². The Morgan fingerprint density at radius 3 is 2.61 bits per heavy atom. The Morgan fingerprint density at radius 2 is 1.81 bits per heavy atom. The molecule has 2 aliphatic heterocycles. The largest absolute Gasteiger partial charge is 0.503 e. The molecule has 5 nitrogen and oxygen atoms in total. The molecular formula is C24H21FN2O3S. The minimum absolute atomic E-state index is 0.0314. The van der Waals surface area contributed by atoms with Gasteiger partial charge in [0.05, 0.1) is 6.04 Å². The summed E-state index contributed by atoms with van der Waals surface area (Å²) in [5.74, 6) is -0.623. The molecule has 5 rings (SSSR count). The maximum absolute atomic E-state index is 14.9. The van der Waals surface area contributed by atoms with Crippen LogP contribution in [0.25, 0.3) is 0 Å². The van der Waals surface area contributed by atoms with E-state index in [0.29, 0.717) is 17.9 Å². The SMILES string of the molecule is CC1(C)CN(C2c3ccccc3SCc3c(F)cccc32)n2ccc(=O)c(O)c2C1=O. The number of Topliss-reactive ketones (excluding diaryl/α,β-unsaturated/α-hetero) is 1. The number of nitrogens with zero attached hydrogens (tertiary/aromatic N) is 2. The third-order valence-electron chi connectivity index (χ3n) is 6.05. The van der Waals surface area contributed by atoms with Gasteiger partial charge in [-0.05, 0) is 23.3 Å². The predicted octanol–water partition coefficient (Wildman–Crippen LogP) is 4.25. The number of thioether (sulfide) groups is 1. The summed E-state index contributed by atoms with van der Waals surface area (Å²) in [6, 6.07) is 13.9. The summed E-state index contributed by atoms with van der Waals surface area (Å²) in [6.07, 6.45) is 1.52. The van der Waals surface area contributed by atoms with Gasteiger partial charge in [-0.2, -0.15) is 0 Å². The number of carbonyl (C=O) groups excluding carboxylic acids is 1. The average Bonchev–Trinajstić information content (AvgIpc) is 2.91. The van der Waals surface area contributed by atoms with E-state index < -0.39 is 22.6 Å². The van der Waals surface area contributed by atoms with Gasteiger partial charge in [-0.1, -0.05) is 44.2 Å². The molecule has 0 amide bonds. The normalized spacial score (nSPS) is 19.3. The van der Waals surface area contributed by atoms with Crippen LogP contribution in [-0.2, 0) is 5.75 Å². The topological polar surface area (TPSA) is 62.5 Å². The third kappa shape index (κ3) is 2.98.